The summed E-state index contributed by atoms with van der Waals surface area (Å²) in [5.41, 5.74) is 3.15. The Morgan fingerprint density at radius 1 is 1.05 bits per heavy atom. The van der Waals surface area contributed by atoms with Crippen molar-refractivity contribution in [2.24, 2.45) is 0 Å². The molecule has 20 heavy (non-hydrogen) atoms. The Hall–Kier alpha value is -2.00. The lowest BCUT2D eigenvalue weighted by atomic mass is 10.1. The molecule has 2 aromatic carbocycles. The molecule has 0 saturated carbocycles. The molecule has 2 aromatic rings. The van der Waals surface area contributed by atoms with E-state index in [2.05, 4.69) is 35.7 Å². The molecule has 0 fully saturated rings. The van der Waals surface area contributed by atoms with Gasteiger partial charge in [-0.15, -0.1) is 11.8 Å². The Balaban J connectivity index is 2.21. The summed E-state index contributed by atoms with van der Waals surface area (Å²) >= 11 is 1.62. The van der Waals surface area contributed by atoms with Crippen LogP contribution < -0.4 is 5.32 Å². The van der Waals surface area contributed by atoms with E-state index in [1.54, 1.807) is 11.8 Å². The fourth-order valence-electron chi connectivity index (χ4n) is 1.86. The molecule has 0 radical (unpaired) electrons. The van der Waals surface area contributed by atoms with E-state index >= 15 is 0 Å². The van der Waals surface area contributed by atoms with Crippen molar-refractivity contribution in [2.75, 3.05) is 11.6 Å². The molecule has 1 N–H and O–H groups in total. The Bertz CT molecular complexity index is 620. The zero-order valence-electron chi connectivity index (χ0n) is 11.6. The number of anilines is 1. The number of benzene rings is 2. The normalized spacial score (nSPS) is 10.7. The van der Waals surface area contributed by atoms with Crippen LogP contribution in [0.3, 0.4) is 0 Å². The molecular formula is C17H17NOS. The molecule has 3 heteroatoms. The Morgan fingerprint density at radius 3 is 2.40 bits per heavy atom. The third-order valence-corrected chi connectivity index (χ3v) is 3.58. The molecule has 0 unspecified atom stereocenters. The monoisotopic (exact) mass is 283 g/mol. The molecule has 102 valence electrons. The summed E-state index contributed by atoms with van der Waals surface area (Å²) in [5.74, 6) is -0.0483. The molecular weight excluding hydrogens is 266 g/mol. The van der Waals surface area contributed by atoms with Gasteiger partial charge >= 0.3 is 0 Å². The van der Waals surface area contributed by atoms with Crippen LogP contribution in [-0.2, 0) is 4.79 Å². The first kappa shape index (κ1) is 14.4. The van der Waals surface area contributed by atoms with E-state index in [1.165, 1.54) is 12.5 Å². The fourth-order valence-corrected chi connectivity index (χ4v) is 2.45. The summed E-state index contributed by atoms with van der Waals surface area (Å²) < 4.78 is 0. The lowest BCUT2D eigenvalue weighted by Gasteiger charge is -2.08. The molecule has 0 bridgehead atoms. The summed E-state index contributed by atoms with van der Waals surface area (Å²) in [6.45, 7) is 1.52. The molecule has 2 rings (SSSR count). The zero-order valence-corrected chi connectivity index (χ0v) is 12.4. The average Bonchev–Trinajstić information content (AvgIpc) is 2.46. The molecule has 0 spiro atoms. The second-order valence-corrected chi connectivity index (χ2v) is 5.23. The lowest BCUT2D eigenvalue weighted by Crippen LogP contribution is -2.06. The zero-order chi connectivity index (χ0) is 14.4. The Morgan fingerprint density at radius 2 is 1.75 bits per heavy atom. The lowest BCUT2D eigenvalue weighted by molar-refractivity contribution is -0.114. The van der Waals surface area contributed by atoms with E-state index in [9.17, 15) is 4.79 Å². The topological polar surface area (TPSA) is 29.1 Å². The van der Waals surface area contributed by atoms with Gasteiger partial charge in [0, 0.05) is 11.8 Å². The summed E-state index contributed by atoms with van der Waals surface area (Å²) in [4.78, 5) is 12.2. The number of rotatable bonds is 4. The average molecular weight is 283 g/mol. The van der Waals surface area contributed by atoms with Crippen molar-refractivity contribution in [3.05, 3.63) is 59.7 Å². The molecule has 1 amide bonds. The minimum absolute atomic E-state index is 0.0483. The number of hydrogen-bond donors (Lipinski definition) is 1. The Labute approximate surface area is 123 Å². The number of nitrogens with one attached hydrogen (secondary N) is 1. The van der Waals surface area contributed by atoms with Crippen molar-refractivity contribution in [3.63, 3.8) is 0 Å². The first-order chi connectivity index (χ1) is 9.69. The van der Waals surface area contributed by atoms with Gasteiger partial charge in [-0.3, -0.25) is 4.79 Å². The van der Waals surface area contributed by atoms with Crippen molar-refractivity contribution in [1.29, 1.82) is 0 Å². The van der Waals surface area contributed by atoms with Gasteiger partial charge in [-0.2, -0.15) is 0 Å². The van der Waals surface area contributed by atoms with E-state index in [0.29, 0.717) is 0 Å². The third-order valence-electron chi connectivity index (χ3n) is 2.80. The molecule has 0 heterocycles. The highest BCUT2D eigenvalue weighted by atomic mass is 32.2. The summed E-state index contributed by atoms with van der Waals surface area (Å²) in [6.07, 6.45) is 6.16. The minimum Gasteiger partial charge on any atom is -0.325 e. The molecule has 0 aromatic heterocycles. The maximum Gasteiger partial charge on any atom is 0.221 e. The largest absolute Gasteiger partial charge is 0.325 e. The molecule has 0 aliphatic heterocycles. The molecule has 0 atom stereocenters. The van der Waals surface area contributed by atoms with Gasteiger partial charge < -0.3 is 5.32 Å². The van der Waals surface area contributed by atoms with E-state index < -0.39 is 0 Å². The second kappa shape index (κ2) is 6.96. The molecule has 0 saturated heterocycles. The summed E-state index contributed by atoms with van der Waals surface area (Å²) in [5, 5.41) is 2.84. The van der Waals surface area contributed by atoms with Crippen LogP contribution in [0, 0.1) is 0 Å². The van der Waals surface area contributed by atoms with Crippen molar-refractivity contribution >= 4 is 35.5 Å². The van der Waals surface area contributed by atoms with Gasteiger partial charge in [0.05, 0.1) is 5.69 Å². The van der Waals surface area contributed by atoms with Gasteiger partial charge in [0.2, 0.25) is 5.91 Å². The minimum atomic E-state index is -0.0483. The van der Waals surface area contributed by atoms with Gasteiger partial charge in [0.25, 0.3) is 0 Å². The fraction of sp³-hybridized carbons (Fsp3) is 0.118. The van der Waals surface area contributed by atoms with Crippen LogP contribution in [0.5, 0.6) is 0 Å². The first-order valence-corrected chi connectivity index (χ1v) is 7.60. The van der Waals surface area contributed by atoms with E-state index in [4.69, 9.17) is 0 Å². The third kappa shape index (κ3) is 4.00. The number of thioether (sulfide) groups is 1. The van der Waals surface area contributed by atoms with E-state index in [1.807, 2.05) is 36.6 Å². The van der Waals surface area contributed by atoms with Crippen LogP contribution >= 0.6 is 11.8 Å². The molecule has 2 nitrogen and oxygen atoms in total. The smallest absolute Gasteiger partial charge is 0.221 e. The quantitative estimate of drug-likeness (QED) is 0.659. The van der Waals surface area contributed by atoms with E-state index in [0.717, 1.165) is 16.1 Å². The second-order valence-electron chi connectivity index (χ2n) is 4.38. The van der Waals surface area contributed by atoms with Crippen LogP contribution in [-0.4, -0.2) is 12.2 Å². The van der Waals surface area contributed by atoms with Crippen LogP contribution in [0.15, 0.2) is 53.4 Å². The van der Waals surface area contributed by atoms with E-state index in [-0.39, 0.29) is 5.91 Å². The van der Waals surface area contributed by atoms with Crippen LogP contribution in [0.2, 0.25) is 0 Å². The maximum atomic E-state index is 11.1. The SMILES string of the molecule is CSc1cc(/C=C/c2ccccc2)ccc1NC(C)=O. The highest BCUT2D eigenvalue weighted by Crippen LogP contribution is 2.27. The van der Waals surface area contributed by atoms with Crippen LogP contribution in [0.1, 0.15) is 18.1 Å². The number of carbonyl (C=O) groups is 1. The predicted octanol–water partition coefficient (Wildman–Crippen LogP) is 4.54. The predicted molar refractivity (Wildman–Crippen MR) is 87.9 cm³/mol. The summed E-state index contributed by atoms with van der Waals surface area (Å²) in [7, 11) is 0. The van der Waals surface area contributed by atoms with Crippen LogP contribution in [0.25, 0.3) is 12.2 Å². The number of hydrogen-bond acceptors (Lipinski definition) is 2. The van der Waals surface area contributed by atoms with Crippen molar-refractivity contribution < 1.29 is 4.79 Å². The molecule has 0 aliphatic carbocycles. The highest BCUT2D eigenvalue weighted by Gasteiger charge is 2.03. The van der Waals surface area contributed by atoms with Crippen LogP contribution in [0.4, 0.5) is 5.69 Å². The van der Waals surface area contributed by atoms with Gasteiger partial charge in [0.15, 0.2) is 0 Å². The first-order valence-electron chi connectivity index (χ1n) is 6.38. The Kier molecular flexibility index (Phi) is 5.02. The van der Waals surface area contributed by atoms with Gasteiger partial charge in [-0.25, -0.2) is 0 Å². The van der Waals surface area contributed by atoms with Crippen molar-refractivity contribution in [1.82, 2.24) is 0 Å². The van der Waals surface area contributed by atoms with Crippen molar-refractivity contribution in [2.45, 2.75) is 11.8 Å². The van der Waals surface area contributed by atoms with Crippen molar-refractivity contribution in [3.8, 4) is 0 Å². The number of carbonyl (C=O) groups excluding carboxylic acids is 1. The molecule has 0 aliphatic rings. The van der Waals surface area contributed by atoms with Gasteiger partial charge in [-0.1, -0.05) is 48.6 Å². The standard InChI is InChI=1S/C17H17NOS/c1-13(19)18-16-11-10-15(12-17(16)20-2)9-8-14-6-4-3-5-7-14/h3-12H,1-2H3,(H,18,19)/b9-8+. The summed E-state index contributed by atoms with van der Waals surface area (Å²) in [6, 6.07) is 16.2. The maximum absolute atomic E-state index is 11.1. The highest BCUT2D eigenvalue weighted by molar-refractivity contribution is 7.98. The van der Waals surface area contributed by atoms with Gasteiger partial charge in [0.1, 0.15) is 0 Å². The number of amides is 1. The van der Waals surface area contributed by atoms with Gasteiger partial charge in [-0.05, 0) is 29.5 Å².